The van der Waals surface area contributed by atoms with Crippen LogP contribution in [-0.4, -0.2) is 40.1 Å². The number of halogens is 1. The highest BCUT2D eigenvalue weighted by molar-refractivity contribution is 6.31. The van der Waals surface area contributed by atoms with Gasteiger partial charge in [-0.05, 0) is 38.5 Å². The maximum Gasteiger partial charge on any atom is 0.237 e. The van der Waals surface area contributed by atoms with Gasteiger partial charge in [0, 0.05) is 23.3 Å². The number of primary amides is 1. The minimum atomic E-state index is -0.538. The molecule has 7 heteroatoms. The van der Waals surface area contributed by atoms with Crippen molar-refractivity contribution < 1.29 is 9.59 Å². The van der Waals surface area contributed by atoms with Gasteiger partial charge in [-0.1, -0.05) is 17.7 Å². The molecule has 0 radical (unpaired) electrons. The summed E-state index contributed by atoms with van der Waals surface area (Å²) in [6.45, 7) is 5.60. The van der Waals surface area contributed by atoms with Crippen LogP contribution >= 0.6 is 11.6 Å². The zero-order valence-electron chi connectivity index (χ0n) is 14.3. The van der Waals surface area contributed by atoms with Crippen LogP contribution in [0.4, 0.5) is 0 Å². The van der Waals surface area contributed by atoms with Gasteiger partial charge in [-0.15, -0.1) is 0 Å². The average molecular weight is 349 g/mol. The fourth-order valence-electron chi connectivity index (χ4n) is 2.50. The van der Waals surface area contributed by atoms with E-state index in [1.807, 2.05) is 39.0 Å². The fraction of sp³-hybridized carbons (Fsp3) is 0.353. The van der Waals surface area contributed by atoms with E-state index in [0.717, 1.165) is 28.2 Å². The van der Waals surface area contributed by atoms with Gasteiger partial charge in [0.1, 0.15) is 0 Å². The lowest BCUT2D eigenvalue weighted by molar-refractivity contribution is -0.133. The van der Waals surface area contributed by atoms with E-state index in [9.17, 15) is 9.59 Å². The summed E-state index contributed by atoms with van der Waals surface area (Å²) in [5.74, 6) is -0.717. The lowest BCUT2D eigenvalue weighted by Crippen LogP contribution is -2.36. The molecule has 24 heavy (non-hydrogen) atoms. The van der Waals surface area contributed by atoms with Crippen LogP contribution in [0, 0.1) is 20.8 Å². The first-order valence-electron chi connectivity index (χ1n) is 7.54. The Kier molecular flexibility index (Phi) is 5.29. The summed E-state index contributed by atoms with van der Waals surface area (Å²) >= 11 is 6.19. The Bertz CT molecular complexity index is 798. The van der Waals surface area contributed by atoms with Gasteiger partial charge < -0.3 is 10.6 Å². The second kappa shape index (κ2) is 7.05. The lowest BCUT2D eigenvalue weighted by Gasteiger charge is -2.15. The summed E-state index contributed by atoms with van der Waals surface area (Å²) < 4.78 is 1.78. The van der Waals surface area contributed by atoms with E-state index in [-0.39, 0.29) is 18.9 Å². The van der Waals surface area contributed by atoms with E-state index in [4.69, 9.17) is 17.3 Å². The van der Waals surface area contributed by atoms with E-state index < -0.39 is 5.91 Å². The number of hydrogen-bond donors (Lipinski definition) is 1. The molecule has 2 N–H and O–H groups in total. The minimum absolute atomic E-state index is 0.0986. The Hall–Kier alpha value is -2.34. The Morgan fingerprint density at radius 1 is 1.29 bits per heavy atom. The van der Waals surface area contributed by atoms with Crippen LogP contribution in [0.25, 0.3) is 5.69 Å². The molecule has 2 rings (SSSR count). The molecule has 1 aromatic heterocycles. The first kappa shape index (κ1) is 18.0. The van der Waals surface area contributed by atoms with Gasteiger partial charge in [0.05, 0.1) is 24.3 Å². The van der Waals surface area contributed by atoms with Crippen LogP contribution in [0.3, 0.4) is 0 Å². The lowest BCUT2D eigenvalue weighted by atomic mass is 10.1. The minimum Gasteiger partial charge on any atom is -0.368 e. The third-order valence-corrected chi connectivity index (χ3v) is 4.40. The van der Waals surface area contributed by atoms with Gasteiger partial charge in [0.2, 0.25) is 11.8 Å². The van der Waals surface area contributed by atoms with Crippen LogP contribution in [0.1, 0.15) is 22.5 Å². The zero-order valence-corrected chi connectivity index (χ0v) is 15.0. The van der Waals surface area contributed by atoms with Gasteiger partial charge >= 0.3 is 0 Å². The molecular formula is C17H21ClN4O2. The van der Waals surface area contributed by atoms with E-state index >= 15 is 0 Å². The zero-order chi connectivity index (χ0) is 18.0. The van der Waals surface area contributed by atoms with Gasteiger partial charge in [0.25, 0.3) is 0 Å². The van der Waals surface area contributed by atoms with Crippen molar-refractivity contribution in [2.75, 3.05) is 13.6 Å². The summed E-state index contributed by atoms with van der Waals surface area (Å²) in [6, 6.07) is 5.71. The number of likely N-dealkylation sites (N-methyl/N-ethyl adjacent to an activating group) is 1. The molecule has 128 valence electrons. The Morgan fingerprint density at radius 2 is 1.96 bits per heavy atom. The van der Waals surface area contributed by atoms with Gasteiger partial charge in [-0.2, -0.15) is 5.10 Å². The number of aromatic nitrogens is 2. The second-order valence-electron chi connectivity index (χ2n) is 5.89. The largest absolute Gasteiger partial charge is 0.368 e. The molecule has 0 aliphatic rings. The standard InChI is InChI=1S/C17H21ClN4O2/c1-10-5-6-13(7-15(10)18)22-12(3)14(11(2)20-22)8-17(24)21(4)9-16(19)23/h5-7H,8-9H2,1-4H3,(H2,19,23). The number of amides is 2. The highest BCUT2D eigenvalue weighted by Gasteiger charge is 2.19. The van der Waals surface area contributed by atoms with Crippen molar-refractivity contribution in [3.8, 4) is 5.69 Å². The molecule has 0 spiro atoms. The second-order valence-corrected chi connectivity index (χ2v) is 6.29. The highest BCUT2D eigenvalue weighted by Crippen LogP contribution is 2.23. The molecule has 2 aromatic rings. The highest BCUT2D eigenvalue weighted by atomic mass is 35.5. The molecule has 0 aliphatic heterocycles. The molecule has 0 bridgehead atoms. The van der Waals surface area contributed by atoms with Crippen LogP contribution < -0.4 is 5.73 Å². The van der Waals surface area contributed by atoms with E-state index in [1.165, 1.54) is 4.90 Å². The van der Waals surface area contributed by atoms with Gasteiger partial charge in [-0.25, -0.2) is 4.68 Å². The van der Waals surface area contributed by atoms with Crippen molar-refractivity contribution in [2.24, 2.45) is 5.73 Å². The van der Waals surface area contributed by atoms with E-state index in [2.05, 4.69) is 5.10 Å². The molecule has 1 aromatic carbocycles. The molecule has 1 heterocycles. The molecule has 0 unspecified atom stereocenters. The van der Waals surface area contributed by atoms with Crippen molar-refractivity contribution in [3.05, 3.63) is 45.7 Å². The Balaban J connectivity index is 2.30. The average Bonchev–Trinajstić information content (AvgIpc) is 2.77. The number of benzene rings is 1. The molecule has 0 saturated carbocycles. The van der Waals surface area contributed by atoms with Gasteiger partial charge in [-0.3, -0.25) is 9.59 Å². The predicted molar refractivity (Wildman–Crippen MR) is 93.3 cm³/mol. The van der Waals surface area contributed by atoms with Crippen LogP contribution in [0.15, 0.2) is 18.2 Å². The molecule has 0 aliphatic carbocycles. The van der Waals surface area contributed by atoms with Gasteiger partial charge in [0.15, 0.2) is 0 Å². The third kappa shape index (κ3) is 3.76. The molecule has 2 amide bonds. The topological polar surface area (TPSA) is 81.2 Å². The van der Waals surface area contributed by atoms with Crippen LogP contribution in [0.2, 0.25) is 5.02 Å². The maximum absolute atomic E-state index is 12.3. The number of hydrogen-bond acceptors (Lipinski definition) is 3. The smallest absolute Gasteiger partial charge is 0.237 e. The normalized spacial score (nSPS) is 10.7. The summed E-state index contributed by atoms with van der Waals surface area (Å²) in [7, 11) is 1.56. The van der Waals surface area contributed by atoms with Crippen molar-refractivity contribution in [1.29, 1.82) is 0 Å². The molecule has 0 atom stereocenters. The number of rotatable bonds is 5. The number of nitrogens with zero attached hydrogens (tertiary/aromatic N) is 3. The monoisotopic (exact) mass is 348 g/mol. The van der Waals surface area contributed by atoms with E-state index in [0.29, 0.717) is 5.02 Å². The number of carbonyl (C=O) groups is 2. The summed E-state index contributed by atoms with van der Waals surface area (Å²) in [5, 5.41) is 5.19. The molecule has 0 fully saturated rings. The maximum atomic E-state index is 12.3. The molecule has 6 nitrogen and oxygen atoms in total. The van der Waals surface area contributed by atoms with E-state index in [1.54, 1.807) is 11.7 Å². The van der Waals surface area contributed by atoms with Crippen LogP contribution in [0.5, 0.6) is 0 Å². The molecular weight excluding hydrogens is 328 g/mol. The third-order valence-electron chi connectivity index (χ3n) is 3.99. The fourth-order valence-corrected chi connectivity index (χ4v) is 2.68. The van der Waals surface area contributed by atoms with Crippen LogP contribution in [-0.2, 0) is 16.0 Å². The predicted octanol–water partition coefficient (Wildman–Crippen LogP) is 1.94. The Labute approximate surface area is 146 Å². The number of aryl methyl sites for hydroxylation is 2. The van der Waals surface area contributed by atoms with Crippen molar-refractivity contribution >= 4 is 23.4 Å². The number of nitrogens with two attached hydrogens (primary N) is 1. The number of carbonyl (C=O) groups excluding carboxylic acids is 2. The summed E-state index contributed by atoms with van der Waals surface area (Å²) in [5.41, 5.74) is 9.44. The Morgan fingerprint density at radius 3 is 2.54 bits per heavy atom. The SMILES string of the molecule is Cc1ccc(-n2nc(C)c(CC(=O)N(C)CC(N)=O)c2C)cc1Cl. The summed E-state index contributed by atoms with van der Waals surface area (Å²) in [6.07, 6.45) is 0.168. The summed E-state index contributed by atoms with van der Waals surface area (Å²) in [4.78, 5) is 24.5. The first-order valence-corrected chi connectivity index (χ1v) is 7.92. The quantitative estimate of drug-likeness (QED) is 0.896. The van der Waals surface area contributed by atoms with Crippen molar-refractivity contribution in [3.63, 3.8) is 0 Å². The van der Waals surface area contributed by atoms with Crippen molar-refractivity contribution in [1.82, 2.24) is 14.7 Å². The molecule has 0 saturated heterocycles. The van der Waals surface area contributed by atoms with Crippen molar-refractivity contribution in [2.45, 2.75) is 27.2 Å². The first-order chi connectivity index (χ1) is 11.2.